The average molecular weight is 245 g/mol. The summed E-state index contributed by atoms with van der Waals surface area (Å²) in [5.41, 5.74) is 1.56. The van der Waals surface area contributed by atoms with Crippen molar-refractivity contribution < 1.29 is 4.79 Å². The van der Waals surface area contributed by atoms with Crippen molar-refractivity contribution in [3.63, 3.8) is 0 Å². The van der Waals surface area contributed by atoms with Crippen LogP contribution in [0.25, 0.3) is 0 Å². The van der Waals surface area contributed by atoms with Gasteiger partial charge in [-0.05, 0) is 30.7 Å². The number of carbonyl (C=O) groups excluding carboxylic acids is 1. The third-order valence-electron chi connectivity index (χ3n) is 2.55. The largest absolute Gasteiger partial charge is 0.385 e. The van der Waals surface area contributed by atoms with E-state index in [0.717, 1.165) is 25.1 Å². The molecule has 0 aliphatic carbocycles. The highest BCUT2D eigenvalue weighted by Gasteiger charge is 1.99. The van der Waals surface area contributed by atoms with E-state index in [-0.39, 0.29) is 5.91 Å². The van der Waals surface area contributed by atoms with E-state index in [1.807, 2.05) is 12.1 Å². The summed E-state index contributed by atoms with van der Waals surface area (Å²) in [7, 11) is 0. The first kappa shape index (κ1) is 14.0. The number of unbranched alkanes of at least 4 members (excludes halogenated alkanes) is 1. The molecule has 0 saturated heterocycles. The average Bonchev–Trinajstić information content (AvgIpc) is 2.40. The zero-order valence-corrected chi connectivity index (χ0v) is 10.7. The van der Waals surface area contributed by atoms with Crippen LogP contribution in [0.3, 0.4) is 0 Å². The van der Waals surface area contributed by atoms with Gasteiger partial charge >= 0.3 is 0 Å². The number of amides is 1. The summed E-state index contributed by atoms with van der Waals surface area (Å²) in [5, 5.41) is 14.7. The Labute approximate surface area is 108 Å². The van der Waals surface area contributed by atoms with Gasteiger partial charge in [0, 0.05) is 25.2 Å². The van der Waals surface area contributed by atoms with Gasteiger partial charge in [0.25, 0.3) is 0 Å². The third kappa shape index (κ3) is 5.35. The van der Waals surface area contributed by atoms with E-state index in [9.17, 15) is 4.79 Å². The monoisotopic (exact) mass is 245 g/mol. The van der Waals surface area contributed by atoms with Crippen LogP contribution in [0.4, 0.5) is 5.69 Å². The quantitative estimate of drug-likeness (QED) is 0.724. The molecule has 1 aromatic carbocycles. The van der Waals surface area contributed by atoms with Gasteiger partial charge in [-0.15, -0.1) is 0 Å². The van der Waals surface area contributed by atoms with Crippen molar-refractivity contribution in [3.05, 3.63) is 29.8 Å². The van der Waals surface area contributed by atoms with Gasteiger partial charge < -0.3 is 10.6 Å². The molecule has 4 heteroatoms. The molecule has 0 unspecified atom stereocenters. The van der Waals surface area contributed by atoms with E-state index >= 15 is 0 Å². The molecular formula is C14H19N3O. The van der Waals surface area contributed by atoms with Crippen LogP contribution in [0.15, 0.2) is 24.3 Å². The summed E-state index contributed by atoms with van der Waals surface area (Å²) in [5.74, 6) is 0.0737. The summed E-state index contributed by atoms with van der Waals surface area (Å²) >= 11 is 0. The molecule has 1 aromatic rings. The number of anilines is 1. The number of hydrogen-bond acceptors (Lipinski definition) is 3. The van der Waals surface area contributed by atoms with Crippen LogP contribution in [0.2, 0.25) is 0 Å². The molecule has 0 fully saturated rings. The van der Waals surface area contributed by atoms with Crippen LogP contribution in [0.5, 0.6) is 0 Å². The Bertz CT molecular complexity index is 406. The first-order valence-corrected chi connectivity index (χ1v) is 6.27. The van der Waals surface area contributed by atoms with Crippen LogP contribution in [-0.4, -0.2) is 19.0 Å². The molecule has 1 rings (SSSR count). The standard InChI is InChI=1S/C14H19N3O/c1-2-3-9-17-14(18)8-10-16-13-6-4-12(11-15)5-7-13/h4-7,16H,2-3,8-10H2,1H3,(H,17,18). The Balaban J connectivity index is 2.20. The summed E-state index contributed by atoms with van der Waals surface area (Å²) in [6, 6.07) is 9.25. The molecule has 1 amide bonds. The molecule has 0 bridgehead atoms. The van der Waals surface area contributed by atoms with Crippen molar-refractivity contribution in [1.82, 2.24) is 5.32 Å². The highest BCUT2D eigenvalue weighted by molar-refractivity contribution is 5.76. The van der Waals surface area contributed by atoms with Crippen molar-refractivity contribution in [3.8, 4) is 6.07 Å². The van der Waals surface area contributed by atoms with E-state index in [1.165, 1.54) is 0 Å². The second kappa shape index (κ2) is 8.13. The second-order valence-electron chi connectivity index (χ2n) is 4.07. The number of hydrogen-bond donors (Lipinski definition) is 2. The first-order chi connectivity index (χ1) is 8.76. The maximum absolute atomic E-state index is 11.4. The molecule has 0 aliphatic rings. The molecule has 96 valence electrons. The van der Waals surface area contributed by atoms with E-state index in [4.69, 9.17) is 5.26 Å². The smallest absolute Gasteiger partial charge is 0.221 e. The molecule has 0 aliphatic heterocycles. The van der Waals surface area contributed by atoms with Gasteiger partial charge in [-0.3, -0.25) is 4.79 Å². The Morgan fingerprint density at radius 2 is 2.00 bits per heavy atom. The van der Waals surface area contributed by atoms with Crippen molar-refractivity contribution in [2.24, 2.45) is 0 Å². The molecule has 0 atom stereocenters. The lowest BCUT2D eigenvalue weighted by Gasteiger charge is -2.07. The minimum absolute atomic E-state index is 0.0737. The second-order valence-corrected chi connectivity index (χ2v) is 4.07. The van der Waals surface area contributed by atoms with Gasteiger partial charge in [0.15, 0.2) is 0 Å². The van der Waals surface area contributed by atoms with Crippen LogP contribution >= 0.6 is 0 Å². The predicted octanol–water partition coefficient (Wildman–Crippen LogP) is 2.28. The Kier molecular flexibility index (Phi) is 6.34. The highest BCUT2D eigenvalue weighted by atomic mass is 16.1. The fourth-order valence-corrected chi connectivity index (χ4v) is 1.48. The van der Waals surface area contributed by atoms with Gasteiger partial charge in [0.2, 0.25) is 5.91 Å². The third-order valence-corrected chi connectivity index (χ3v) is 2.55. The van der Waals surface area contributed by atoms with Crippen LogP contribution in [0, 0.1) is 11.3 Å². The fourth-order valence-electron chi connectivity index (χ4n) is 1.48. The van der Waals surface area contributed by atoms with E-state index < -0.39 is 0 Å². The Morgan fingerprint density at radius 1 is 1.28 bits per heavy atom. The first-order valence-electron chi connectivity index (χ1n) is 6.27. The molecule has 0 aromatic heterocycles. The van der Waals surface area contributed by atoms with Crippen molar-refractivity contribution >= 4 is 11.6 Å². The number of rotatable bonds is 7. The Morgan fingerprint density at radius 3 is 2.61 bits per heavy atom. The van der Waals surface area contributed by atoms with E-state index in [0.29, 0.717) is 18.5 Å². The normalized spacial score (nSPS) is 9.56. The zero-order valence-electron chi connectivity index (χ0n) is 10.7. The molecule has 0 radical (unpaired) electrons. The molecular weight excluding hydrogens is 226 g/mol. The van der Waals surface area contributed by atoms with Crippen molar-refractivity contribution in [2.45, 2.75) is 26.2 Å². The highest BCUT2D eigenvalue weighted by Crippen LogP contribution is 2.08. The van der Waals surface area contributed by atoms with Crippen LogP contribution in [0.1, 0.15) is 31.7 Å². The summed E-state index contributed by atoms with van der Waals surface area (Å²) in [6.45, 7) is 3.45. The Hall–Kier alpha value is -2.02. The molecule has 18 heavy (non-hydrogen) atoms. The zero-order chi connectivity index (χ0) is 13.2. The number of nitrogens with zero attached hydrogens (tertiary/aromatic N) is 1. The van der Waals surface area contributed by atoms with Gasteiger partial charge in [0.1, 0.15) is 0 Å². The topological polar surface area (TPSA) is 64.9 Å². The fraction of sp³-hybridized carbons (Fsp3) is 0.429. The number of carbonyl (C=O) groups is 1. The maximum Gasteiger partial charge on any atom is 0.221 e. The lowest BCUT2D eigenvalue weighted by Crippen LogP contribution is -2.26. The van der Waals surface area contributed by atoms with E-state index in [1.54, 1.807) is 12.1 Å². The minimum Gasteiger partial charge on any atom is -0.385 e. The lowest BCUT2D eigenvalue weighted by molar-refractivity contribution is -0.120. The summed E-state index contributed by atoms with van der Waals surface area (Å²) < 4.78 is 0. The number of nitriles is 1. The summed E-state index contributed by atoms with van der Waals surface area (Å²) in [6.07, 6.45) is 2.57. The van der Waals surface area contributed by atoms with Crippen molar-refractivity contribution in [2.75, 3.05) is 18.4 Å². The molecule has 0 heterocycles. The van der Waals surface area contributed by atoms with Crippen LogP contribution in [-0.2, 0) is 4.79 Å². The van der Waals surface area contributed by atoms with E-state index in [2.05, 4.69) is 23.6 Å². The molecule has 4 nitrogen and oxygen atoms in total. The van der Waals surface area contributed by atoms with Gasteiger partial charge in [0.05, 0.1) is 11.6 Å². The van der Waals surface area contributed by atoms with Crippen molar-refractivity contribution in [1.29, 1.82) is 5.26 Å². The van der Waals surface area contributed by atoms with Gasteiger partial charge in [-0.25, -0.2) is 0 Å². The van der Waals surface area contributed by atoms with Gasteiger partial charge in [-0.2, -0.15) is 5.26 Å². The maximum atomic E-state index is 11.4. The predicted molar refractivity (Wildman–Crippen MR) is 72.2 cm³/mol. The lowest BCUT2D eigenvalue weighted by atomic mass is 10.2. The van der Waals surface area contributed by atoms with Gasteiger partial charge in [-0.1, -0.05) is 13.3 Å². The summed E-state index contributed by atoms with van der Waals surface area (Å²) in [4.78, 5) is 11.4. The molecule has 0 spiro atoms. The number of nitrogens with one attached hydrogen (secondary N) is 2. The minimum atomic E-state index is 0.0737. The molecule has 0 saturated carbocycles. The number of benzene rings is 1. The SMILES string of the molecule is CCCCNC(=O)CCNc1ccc(C#N)cc1. The molecule has 2 N–H and O–H groups in total. The van der Waals surface area contributed by atoms with Crippen LogP contribution < -0.4 is 10.6 Å².